The third kappa shape index (κ3) is 5.86. The van der Waals surface area contributed by atoms with Crippen LogP contribution >= 0.6 is 0 Å². The lowest BCUT2D eigenvalue weighted by atomic mass is 10.0. The van der Waals surface area contributed by atoms with Gasteiger partial charge < -0.3 is 16.0 Å². The first-order chi connectivity index (χ1) is 12.4. The van der Waals surface area contributed by atoms with E-state index in [0.717, 1.165) is 19.3 Å². The van der Waals surface area contributed by atoms with E-state index in [9.17, 15) is 14.4 Å². The Balaban J connectivity index is 1.81. The van der Waals surface area contributed by atoms with Gasteiger partial charge in [-0.3, -0.25) is 14.4 Å². The second kappa shape index (κ2) is 9.36. The molecule has 0 bridgehead atoms. The number of amides is 3. The highest BCUT2D eigenvalue weighted by Gasteiger charge is 2.27. The normalized spacial score (nSPS) is 17.8. The maximum Gasteiger partial charge on any atom is 0.254 e. The fraction of sp³-hybridized carbons (Fsp3) is 0.550. The van der Waals surface area contributed by atoms with Crippen molar-refractivity contribution in [3.8, 4) is 0 Å². The van der Waals surface area contributed by atoms with Crippen LogP contribution in [0.4, 0.5) is 5.69 Å². The van der Waals surface area contributed by atoms with Crippen molar-refractivity contribution in [3.05, 3.63) is 29.8 Å². The molecule has 0 saturated carbocycles. The molecule has 1 aliphatic rings. The fourth-order valence-corrected chi connectivity index (χ4v) is 3.04. The van der Waals surface area contributed by atoms with E-state index in [2.05, 4.69) is 29.8 Å². The van der Waals surface area contributed by atoms with Crippen LogP contribution in [-0.2, 0) is 9.59 Å². The SMILES string of the molecule is CC(C)CCC[C@H](C)NC(=O)CC[C@H]1NC(=O)c2ccccc2NC1=O. The van der Waals surface area contributed by atoms with Crippen molar-refractivity contribution in [2.24, 2.45) is 5.92 Å². The van der Waals surface area contributed by atoms with Crippen molar-refractivity contribution in [3.63, 3.8) is 0 Å². The Morgan fingerprint density at radius 2 is 1.88 bits per heavy atom. The quantitative estimate of drug-likeness (QED) is 0.667. The van der Waals surface area contributed by atoms with E-state index in [0.29, 0.717) is 17.2 Å². The third-order valence-electron chi connectivity index (χ3n) is 4.54. The smallest absolute Gasteiger partial charge is 0.254 e. The molecule has 26 heavy (non-hydrogen) atoms. The average Bonchev–Trinajstić information content (AvgIpc) is 2.69. The maximum absolute atomic E-state index is 12.3. The number of rotatable bonds is 8. The number of carbonyl (C=O) groups is 3. The van der Waals surface area contributed by atoms with Gasteiger partial charge in [0.05, 0.1) is 11.3 Å². The van der Waals surface area contributed by atoms with Gasteiger partial charge in [0.1, 0.15) is 6.04 Å². The highest BCUT2D eigenvalue weighted by atomic mass is 16.2. The van der Waals surface area contributed by atoms with E-state index < -0.39 is 6.04 Å². The van der Waals surface area contributed by atoms with Crippen molar-refractivity contribution in [2.45, 2.75) is 65.0 Å². The lowest BCUT2D eigenvalue weighted by Crippen LogP contribution is -2.42. The molecule has 2 rings (SSSR count). The number of fused-ring (bicyclic) bond motifs is 1. The third-order valence-corrected chi connectivity index (χ3v) is 4.54. The van der Waals surface area contributed by atoms with Gasteiger partial charge in [-0.05, 0) is 37.8 Å². The van der Waals surface area contributed by atoms with E-state index >= 15 is 0 Å². The molecule has 1 aromatic carbocycles. The Kier molecular flexibility index (Phi) is 7.18. The molecule has 6 nitrogen and oxygen atoms in total. The molecule has 0 unspecified atom stereocenters. The minimum absolute atomic E-state index is 0.0918. The minimum atomic E-state index is -0.711. The van der Waals surface area contributed by atoms with Crippen LogP contribution < -0.4 is 16.0 Å². The molecule has 142 valence electrons. The Labute approximate surface area is 155 Å². The van der Waals surface area contributed by atoms with Crippen LogP contribution in [0.25, 0.3) is 0 Å². The number of nitrogens with one attached hydrogen (secondary N) is 3. The van der Waals surface area contributed by atoms with Crippen molar-refractivity contribution < 1.29 is 14.4 Å². The topological polar surface area (TPSA) is 87.3 Å². The average molecular weight is 359 g/mol. The molecule has 3 N–H and O–H groups in total. The zero-order chi connectivity index (χ0) is 19.1. The largest absolute Gasteiger partial charge is 0.354 e. The van der Waals surface area contributed by atoms with Crippen molar-refractivity contribution >= 4 is 23.4 Å². The monoisotopic (exact) mass is 359 g/mol. The summed E-state index contributed by atoms with van der Waals surface area (Å²) < 4.78 is 0. The zero-order valence-electron chi connectivity index (χ0n) is 15.8. The van der Waals surface area contributed by atoms with Crippen LogP contribution in [0.3, 0.4) is 0 Å². The molecule has 0 radical (unpaired) electrons. The summed E-state index contributed by atoms with van der Waals surface area (Å²) in [4.78, 5) is 36.7. The molecular weight excluding hydrogens is 330 g/mol. The van der Waals surface area contributed by atoms with E-state index in [1.54, 1.807) is 24.3 Å². The number of hydrogen-bond acceptors (Lipinski definition) is 3. The molecule has 1 aliphatic heterocycles. The minimum Gasteiger partial charge on any atom is -0.354 e. The molecule has 2 atom stereocenters. The maximum atomic E-state index is 12.3. The predicted octanol–water partition coefficient (Wildman–Crippen LogP) is 2.85. The van der Waals surface area contributed by atoms with Crippen LogP contribution in [0.15, 0.2) is 24.3 Å². The van der Waals surface area contributed by atoms with Crippen LogP contribution in [0, 0.1) is 5.92 Å². The van der Waals surface area contributed by atoms with Gasteiger partial charge in [0.15, 0.2) is 0 Å². The highest BCUT2D eigenvalue weighted by molar-refractivity contribution is 6.09. The Hall–Kier alpha value is -2.37. The zero-order valence-corrected chi connectivity index (χ0v) is 15.8. The lowest BCUT2D eigenvalue weighted by molar-refractivity contribution is -0.122. The number of benzene rings is 1. The molecule has 0 aromatic heterocycles. The van der Waals surface area contributed by atoms with Crippen molar-refractivity contribution in [1.29, 1.82) is 0 Å². The van der Waals surface area contributed by atoms with Gasteiger partial charge >= 0.3 is 0 Å². The first-order valence-corrected chi connectivity index (χ1v) is 9.37. The van der Waals surface area contributed by atoms with Crippen molar-refractivity contribution in [2.75, 3.05) is 5.32 Å². The summed E-state index contributed by atoms with van der Waals surface area (Å²) >= 11 is 0. The molecule has 1 heterocycles. The van der Waals surface area contributed by atoms with E-state index in [1.807, 2.05) is 6.92 Å². The molecule has 1 aromatic rings. The molecule has 0 saturated heterocycles. The molecular formula is C20H29N3O3. The van der Waals surface area contributed by atoms with Gasteiger partial charge in [-0.25, -0.2) is 0 Å². The van der Waals surface area contributed by atoms with Gasteiger partial charge in [-0.15, -0.1) is 0 Å². The van der Waals surface area contributed by atoms with E-state index in [-0.39, 0.29) is 36.6 Å². The second-order valence-electron chi connectivity index (χ2n) is 7.39. The fourth-order valence-electron chi connectivity index (χ4n) is 3.04. The number of hydrogen-bond donors (Lipinski definition) is 3. The first kappa shape index (κ1) is 19.9. The van der Waals surface area contributed by atoms with Gasteiger partial charge in [0, 0.05) is 12.5 Å². The standard InChI is InChI=1S/C20H29N3O3/c1-13(2)7-6-8-14(3)21-18(24)12-11-17-20(26)22-16-10-5-4-9-15(16)19(25)23-17/h4-5,9-10,13-14,17H,6-8,11-12H2,1-3H3,(H,21,24)(H,22,26)(H,23,25)/t14-,17+/m0/s1. The summed E-state index contributed by atoms with van der Waals surface area (Å²) in [7, 11) is 0. The number of para-hydroxylation sites is 1. The number of anilines is 1. The second-order valence-corrected chi connectivity index (χ2v) is 7.39. The Morgan fingerprint density at radius 3 is 2.62 bits per heavy atom. The molecule has 0 spiro atoms. The van der Waals surface area contributed by atoms with Crippen LogP contribution in [0.5, 0.6) is 0 Å². The summed E-state index contributed by atoms with van der Waals surface area (Å²) in [5.41, 5.74) is 0.937. The molecule has 6 heteroatoms. The lowest BCUT2D eigenvalue weighted by Gasteiger charge is -2.17. The summed E-state index contributed by atoms with van der Waals surface area (Å²) in [5.74, 6) is -0.0160. The van der Waals surface area contributed by atoms with Crippen LogP contribution in [0.2, 0.25) is 0 Å². The predicted molar refractivity (Wildman–Crippen MR) is 102 cm³/mol. The van der Waals surface area contributed by atoms with Crippen LogP contribution in [-0.4, -0.2) is 29.8 Å². The number of carbonyl (C=O) groups excluding carboxylic acids is 3. The Morgan fingerprint density at radius 1 is 1.15 bits per heavy atom. The van der Waals surface area contributed by atoms with Crippen molar-refractivity contribution in [1.82, 2.24) is 10.6 Å². The molecule has 3 amide bonds. The van der Waals surface area contributed by atoms with Gasteiger partial charge in [-0.1, -0.05) is 38.8 Å². The van der Waals surface area contributed by atoms with E-state index in [4.69, 9.17) is 0 Å². The van der Waals surface area contributed by atoms with Gasteiger partial charge in [0.25, 0.3) is 5.91 Å². The molecule has 0 fully saturated rings. The van der Waals surface area contributed by atoms with E-state index in [1.165, 1.54) is 0 Å². The van der Waals surface area contributed by atoms with Gasteiger partial charge in [0.2, 0.25) is 11.8 Å². The highest BCUT2D eigenvalue weighted by Crippen LogP contribution is 2.19. The summed E-state index contributed by atoms with van der Waals surface area (Å²) in [5, 5.41) is 8.43. The summed E-state index contributed by atoms with van der Waals surface area (Å²) in [6, 6.07) is 6.28. The summed E-state index contributed by atoms with van der Waals surface area (Å²) in [6.07, 6.45) is 3.65. The first-order valence-electron chi connectivity index (χ1n) is 9.37. The summed E-state index contributed by atoms with van der Waals surface area (Å²) in [6.45, 7) is 6.37. The van der Waals surface area contributed by atoms with Gasteiger partial charge in [-0.2, -0.15) is 0 Å². The Bertz CT molecular complexity index is 657. The molecule has 0 aliphatic carbocycles. The van der Waals surface area contributed by atoms with Crippen LogP contribution in [0.1, 0.15) is 63.2 Å².